The second-order valence-electron chi connectivity index (χ2n) is 10.8. The molecular formula is C30H37N3O2S. The molecular weight excluding hydrogens is 466 g/mol. The number of amides is 2. The fourth-order valence-electron chi connectivity index (χ4n) is 5.93. The molecule has 1 aromatic heterocycles. The molecule has 5 rings (SSSR count). The first-order valence-electron chi connectivity index (χ1n) is 13.4. The van der Waals surface area contributed by atoms with Crippen LogP contribution in [0.2, 0.25) is 0 Å². The second-order valence-corrected chi connectivity index (χ2v) is 11.9. The Kier molecular flexibility index (Phi) is 7.73. The Hall–Kier alpha value is -2.70. The zero-order chi connectivity index (χ0) is 25.1. The van der Waals surface area contributed by atoms with E-state index in [0.29, 0.717) is 16.5 Å². The molecule has 2 fully saturated rings. The van der Waals surface area contributed by atoms with Crippen molar-refractivity contribution in [2.75, 3.05) is 5.32 Å². The van der Waals surface area contributed by atoms with Gasteiger partial charge in [0, 0.05) is 28.0 Å². The van der Waals surface area contributed by atoms with Crippen LogP contribution in [0.15, 0.2) is 48.5 Å². The number of carbonyl (C=O) groups is 2. The molecule has 2 aliphatic carbocycles. The number of benzene rings is 2. The number of anilines is 1. The molecule has 5 nitrogen and oxygen atoms in total. The van der Waals surface area contributed by atoms with Crippen molar-refractivity contribution < 1.29 is 9.59 Å². The summed E-state index contributed by atoms with van der Waals surface area (Å²) in [4.78, 5) is 26.4. The van der Waals surface area contributed by atoms with Crippen molar-refractivity contribution in [3.8, 4) is 0 Å². The first-order chi connectivity index (χ1) is 17.4. The van der Waals surface area contributed by atoms with Crippen molar-refractivity contribution in [3.05, 3.63) is 64.5 Å². The number of nitrogens with two attached hydrogens (primary N) is 1. The summed E-state index contributed by atoms with van der Waals surface area (Å²) in [5.74, 6) is 1.50. The third-order valence-electron chi connectivity index (χ3n) is 8.13. The molecule has 190 valence electrons. The Labute approximate surface area is 217 Å². The molecule has 0 unspecified atom stereocenters. The van der Waals surface area contributed by atoms with E-state index in [1.54, 1.807) is 0 Å². The summed E-state index contributed by atoms with van der Waals surface area (Å²) in [6, 6.07) is 16.1. The minimum Gasteiger partial charge on any atom is -0.349 e. The van der Waals surface area contributed by atoms with Crippen LogP contribution in [0.1, 0.15) is 83.4 Å². The number of hydrogen-bond donors (Lipinski definition) is 3. The molecule has 2 aromatic carbocycles. The molecule has 0 saturated heterocycles. The van der Waals surface area contributed by atoms with Crippen LogP contribution in [0.4, 0.5) is 5.69 Å². The Balaban J connectivity index is 1.12. The van der Waals surface area contributed by atoms with E-state index in [1.165, 1.54) is 56.3 Å². The minimum absolute atomic E-state index is 0.0230. The molecule has 3 aromatic rings. The van der Waals surface area contributed by atoms with E-state index in [-0.39, 0.29) is 17.9 Å². The Morgan fingerprint density at radius 2 is 1.58 bits per heavy atom. The molecule has 2 aliphatic rings. The van der Waals surface area contributed by atoms with E-state index in [9.17, 15) is 9.59 Å². The van der Waals surface area contributed by atoms with Gasteiger partial charge in [0.15, 0.2) is 0 Å². The van der Waals surface area contributed by atoms with Gasteiger partial charge in [-0.1, -0.05) is 18.2 Å². The normalized spacial score (nSPS) is 24.4. The maximum atomic E-state index is 12.9. The molecule has 0 radical (unpaired) electrons. The van der Waals surface area contributed by atoms with Crippen LogP contribution in [-0.4, -0.2) is 23.9 Å². The van der Waals surface area contributed by atoms with Gasteiger partial charge in [0.05, 0.1) is 4.88 Å². The third-order valence-corrected chi connectivity index (χ3v) is 9.24. The highest BCUT2D eigenvalue weighted by Crippen LogP contribution is 2.35. The van der Waals surface area contributed by atoms with Crippen molar-refractivity contribution >= 4 is 38.9 Å². The number of aryl methyl sites for hydroxylation is 1. The number of nitrogens with one attached hydrogen (secondary N) is 2. The summed E-state index contributed by atoms with van der Waals surface area (Å²) in [6.45, 7) is 1.93. The lowest BCUT2D eigenvalue weighted by Gasteiger charge is -2.33. The van der Waals surface area contributed by atoms with Gasteiger partial charge >= 0.3 is 0 Å². The quantitative estimate of drug-likeness (QED) is 0.352. The molecule has 36 heavy (non-hydrogen) atoms. The van der Waals surface area contributed by atoms with Crippen molar-refractivity contribution in [2.45, 2.75) is 76.8 Å². The van der Waals surface area contributed by atoms with Gasteiger partial charge in [-0.05, 0) is 118 Å². The maximum absolute atomic E-state index is 12.9. The van der Waals surface area contributed by atoms with Gasteiger partial charge in [0.2, 0.25) is 0 Å². The summed E-state index contributed by atoms with van der Waals surface area (Å²) >= 11 is 1.49. The lowest BCUT2D eigenvalue weighted by molar-refractivity contribution is 0.0918. The van der Waals surface area contributed by atoms with Crippen molar-refractivity contribution in [1.82, 2.24) is 5.32 Å². The van der Waals surface area contributed by atoms with E-state index in [4.69, 9.17) is 5.73 Å². The topological polar surface area (TPSA) is 84.2 Å². The third kappa shape index (κ3) is 5.98. The van der Waals surface area contributed by atoms with Crippen LogP contribution >= 0.6 is 11.3 Å². The van der Waals surface area contributed by atoms with Crippen molar-refractivity contribution in [3.63, 3.8) is 0 Å². The van der Waals surface area contributed by atoms with Crippen molar-refractivity contribution in [2.24, 2.45) is 17.6 Å². The first kappa shape index (κ1) is 25.0. The molecule has 2 amide bonds. The average molecular weight is 504 g/mol. The number of rotatable bonds is 6. The SMILES string of the molecule is Cc1cc(C(=O)NC2CCC(CC3CCC(N)CC3)CC2)ccc1NC(=O)c1cc2ccccc2s1. The summed E-state index contributed by atoms with van der Waals surface area (Å²) in [6.07, 6.45) is 10.8. The number of carbonyl (C=O) groups excluding carboxylic acids is 2. The summed E-state index contributed by atoms with van der Waals surface area (Å²) in [5, 5.41) is 7.33. The zero-order valence-electron chi connectivity index (χ0n) is 21.1. The van der Waals surface area contributed by atoms with E-state index in [2.05, 4.69) is 10.6 Å². The van der Waals surface area contributed by atoms with Gasteiger partial charge in [-0.2, -0.15) is 0 Å². The van der Waals surface area contributed by atoms with E-state index < -0.39 is 0 Å². The minimum atomic E-state index is -0.121. The van der Waals surface area contributed by atoms with Gasteiger partial charge in [0.1, 0.15) is 0 Å². The summed E-state index contributed by atoms with van der Waals surface area (Å²) in [5.41, 5.74) is 8.32. The highest BCUT2D eigenvalue weighted by atomic mass is 32.1. The second kappa shape index (κ2) is 11.1. The van der Waals surface area contributed by atoms with Gasteiger partial charge < -0.3 is 16.4 Å². The van der Waals surface area contributed by atoms with Gasteiger partial charge in [-0.3, -0.25) is 9.59 Å². The van der Waals surface area contributed by atoms with Crippen LogP contribution in [-0.2, 0) is 0 Å². The first-order valence-corrected chi connectivity index (χ1v) is 14.2. The van der Waals surface area contributed by atoms with Gasteiger partial charge in [-0.25, -0.2) is 0 Å². The zero-order valence-corrected chi connectivity index (χ0v) is 21.9. The van der Waals surface area contributed by atoms with Crippen LogP contribution in [0, 0.1) is 18.8 Å². The highest BCUT2D eigenvalue weighted by molar-refractivity contribution is 7.20. The van der Waals surface area contributed by atoms with Crippen molar-refractivity contribution in [1.29, 1.82) is 0 Å². The Morgan fingerprint density at radius 3 is 2.28 bits per heavy atom. The number of thiophene rings is 1. The lowest BCUT2D eigenvalue weighted by Crippen LogP contribution is -2.38. The van der Waals surface area contributed by atoms with E-state index in [1.807, 2.05) is 55.5 Å². The monoisotopic (exact) mass is 503 g/mol. The molecule has 4 N–H and O–H groups in total. The molecule has 0 aliphatic heterocycles. The smallest absolute Gasteiger partial charge is 0.265 e. The Bertz CT molecular complexity index is 1190. The predicted octanol–water partition coefficient (Wildman–Crippen LogP) is 6.66. The standard InChI is InChI=1S/C30H37N3O2S/c1-19-16-23(10-15-26(19)33-30(35)28-18-22-4-2-3-5-27(22)36-28)29(34)32-25-13-8-21(9-14-25)17-20-6-11-24(31)12-7-20/h2-5,10,15-16,18,20-21,24-25H,6-9,11-14,17,31H2,1H3,(H,32,34)(H,33,35). The average Bonchev–Trinajstić information content (AvgIpc) is 3.32. The largest absolute Gasteiger partial charge is 0.349 e. The predicted molar refractivity (Wildman–Crippen MR) is 149 cm³/mol. The van der Waals surface area contributed by atoms with E-state index >= 15 is 0 Å². The fourth-order valence-corrected chi connectivity index (χ4v) is 6.89. The molecule has 0 bridgehead atoms. The van der Waals surface area contributed by atoms with Crippen LogP contribution in [0.3, 0.4) is 0 Å². The number of hydrogen-bond acceptors (Lipinski definition) is 4. The molecule has 0 atom stereocenters. The van der Waals surface area contributed by atoms with E-state index in [0.717, 1.165) is 46.0 Å². The highest BCUT2D eigenvalue weighted by Gasteiger charge is 2.27. The number of fused-ring (bicyclic) bond motifs is 1. The molecule has 6 heteroatoms. The Morgan fingerprint density at radius 1 is 0.889 bits per heavy atom. The summed E-state index contributed by atoms with van der Waals surface area (Å²) < 4.78 is 1.10. The lowest BCUT2D eigenvalue weighted by atomic mass is 9.76. The van der Waals surface area contributed by atoms with Crippen LogP contribution in [0.5, 0.6) is 0 Å². The van der Waals surface area contributed by atoms with Gasteiger partial charge in [-0.15, -0.1) is 11.3 Å². The molecule has 1 heterocycles. The summed E-state index contributed by atoms with van der Waals surface area (Å²) in [7, 11) is 0. The fraction of sp³-hybridized carbons (Fsp3) is 0.467. The van der Waals surface area contributed by atoms with Gasteiger partial charge in [0.25, 0.3) is 11.8 Å². The molecule has 2 saturated carbocycles. The van der Waals surface area contributed by atoms with Crippen LogP contribution in [0.25, 0.3) is 10.1 Å². The van der Waals surface area contributed by atoms with Crippen LogP contribution < -0.4 is 16.4 Å². The molecule has 0 spiro atoms. The maximum Gasteiger partial charge on any atom is 0.265 e.